The van der Waals surface area contributed by atoms with Gasteiger partial charge in [0.1, 0.15) is 22.3 Å². The molecule has 0 bridgehead atoms. The van der Waals surface area contributed by atoms with Crippen LogP contribution >= 0.6 is 11.3 Å². The van der Waals surface area contributed by atoms with E-state index in [-0.39, 0.29) is 11.7 Å². The number of anilines is 1. The predicted octanol–water partition coefficient (Wildman–Crippen LogP) is 3.17. The molecule has 0 saturated carbocycles. The van der Waals surface area contributed by atoms with Crippen LogP contribution in [-0.4, -0.2) is 35.8 Å². The van der Waals surface area contributed by atoms with Gasteiger partial charge in [0.2, 0.25) is 0 Å². The predicted molar refractivity (Wildman–Crippen MR) is 96.8 cm³/mol. The van der Waals surface area contributed by atoms with E-state index >= 15 is 0 Å². The Bertz CT molecular complexity index is 791. The molecule has 2 aromatic rings. The van der Waals surface area contributed by atoms with Gasteiger partial charge in [-0.1, -0.05) is 6.07 Å². The fourth-order valence-electron chi connectivity index (χ4n) is 3.18. The Morgan fingerprint density at radius 1 is 1.29 bits per heavy atom. The molecule has 2 aliphatic rings. The van der Waals surface area contributed by atoms with Gasteiger partial charge in [-0.05, 0) is 29.6 Å². The van der Waals surface area contributed by atoms with Gasteiger partial charge in [-0.15, -0.1) is 11.3 Å². The molecule has 0 amide bonds. The van der Waals surface area contributed by atoms with Crippen molar-refractivity contribution < 1.29 is 4.39 Å². The largest absolute Gasteiger partial charge is 0.383 e. The van der Waals surface area contributed by atoms with E-state index in [2.05, 4.69) is 20.2 Å². The molecule has 1 spiro atoms. The normalized spacial score (nSPS) is 19.2. The van der Waals surface area contributed by atoms with E-state index in [1.807, 2.05) is 29.9 Å². The molecular weight excluding hydrogens is 325 g/mol. The van der Waals surface area contributed by atoms with Gasteiger partial charge < -0.3 is 16.0 Å². The molecule has 1 aromatic carbocycles. The van der Waals surface area contributed by atoms with E-state index < -0.39 is 5.66 Å². The summed E-state index contributed by atoms with van der Waals surface area (Å²) in [6.07, 6.45) is 3.47. The zero-order chi connectivity index (χ0) is 16.6. The minimum absolute atomic E-state index is 0.280. The van der Waals surface area contributed by atoms with Gasteiger partial charge in [0.15, 0.2) is 0 Å². The number of piperidine rings is 1. The lowest BCUT2D eigenvalue weighted by Crippen LogP contribution is -2.50. The van der Waals surface area contributed by atoms with E-state index in [1.54, 1.807) is 17.4 Å². The zero-order valence-electron chi connectivity index (χ0n) is 13.1. The molecular formula is C17H18FN5S. The highest BCUT2D eigenvalue weighted by Gasteiger charge is 2.38. The molecule has 3 heterocycles. The quantitative estimate of drug-likeness (QED) is 0.650. The molecule has 0 unspecified atom stereocenters. The number of likely N-dealkylation sites (tertiary alicyclic amines) is 1. The molecule has 1 aromatic heterocycles. The molecule has 2 aliphatic heterocycles. The van der Waals surface area contributed by atoms with Crippen LogP contribution < -0.4 is 11.1 Å². The van der Waals surface area contributed by atoms with E-state index in [0.717, 1.165) is 36.6 Å². The van der Waals surface area contributed by atoms with Crippen LogP contribution in [0.2, 0.25) is 0 Å². The number of rotatable bonds is 2. The van der Waals surface area contributed by atoms with E-state index in [0.29, 0.717) is 5.56 Å². The van der Waals surface area contributed by atoms with Crippen molar-refractivity contribution in [1.82, 2.24) is 4.90 Å². The van der Waals surface area contributed by atoms with Gasteiger partial charge in [-0.25, -0.2) is 14.4 Å². The van der Waals surface area contributed by atoms with Gasteiger partial charge in [-0.2, -0.15) is 0 Å². The van der Waals surface area contributed by atoms with E-state index in [1.165, 1.54) is 6.07 Å². The van der Waals surface area contributed by atoms with Crippen molar-refractivity contribution in [2.45, 2.75) is 18.5 Å². The molecule has 124 valence electrons. The molecule has 3 N–H and O–H groups in total. The summed E-state index contributed by atoms with van der Waals surface area (Å²) < 4.78 is 13.9. The number of halogens is 1. The SMILES string of the molecule is NC1=NC2(CCN(/C=N/c3cccs3)CC2)Nc2cccc(F)c21. The lowest BCUT2D eigenvalue weighted by Gasteiger charge is -2.42. The maximum Gasteiger partial charge on any atom is 0.136 e. The third-order valence-electron chi connectivity index (χ3n) is 4.45. The minimum Gasteiger partial charge on any atom is -0.383 e. The minimum atomic E-state index is -0.446. The molecule has 24 heavy (non-hydrogen) atoms. The number of fused-ring (bicyclic) bond motifs is 1. The lowest BCUT2D eigenvalue weighted by atomic mass is 9.94. The number of benzene rings is 1. The Labute approximate surface area is 143 Å². The highest BCUT2D eigenvalue weighted by Crippen LogP contribution is 2.34. The number of amidine groups is 1. The van der Waals surface area contributed by atoms with Crippen LogP contribution in [-0.2, 0) is 0 Å². The molecule has 0 atom stereocenters. The van der Waals surface area contributed by atoms with Crippen molar-refractivity contribution in [3.05, 3.63) is 47.1 Å². The average molecular weight is 343 g/mol. The Kier molecular flexibility index (Phi) is 3.72. The Balaban J connectivity index is 1.49. The van der Waals surface area contributed by atoms with Gasteiger partial charge in [0, 0.05) is 31.6 Å². The summed E-state index contributed by atoms with van der Waals surface area (Å²) in [6.45, 7) is 1.65. The topological polar surface area (TPSA) is 66.0 Å². The first-order valence-corrected chi connectivity index (χ1v) is 8.77. The van der Waals surface area contributed by atoms with Crippen LogP contribution in [0.15, 0.2) is 45.7 Å². The second-order valence-electron chi connectivity index (χ2n) is 6.05. The third-order valence-corrected chi connectivity index (χ3v) is 5.23. The monoisotopic (exact) mass is 343 g/mol. The number of thiophene rings is 1. The summed E-state index contributed by atoms with van der Waals surface area (Å²) in [5.41, 5.74) is 6.70. The van der Waals surface area contributed by atoms with Gasteiger partial charge >= 0.3 is 0 Å². The second-order valence-corrected chi connectivity index (χ2v) is 6.97. The van der Waals surface area contributed by atoms with Crippen LogP contribution in [0.4, 0.5) is 15.1 Å². The second kappa shape index (κ2) is 5.90. The fraction of sp³-hybridized carbons (Fsp3) is 0.294. The number of hydrogen-bond donors (Lipinski definition) is 2. The van der Waals surface area contributed by atoms with E-state index in [9.17, 15) is 4.39 Å². The molecule has 1 fully saturated rings. The first-order valence-electron chi connectivity index (χ1n) is 7.89. The van der Waals surface area contributed by atoms with Crippen molar-refractivity contribution in [2.75, 3.05) is 18.4 Å². The van der Waals surface area contributed by atoms with Gasteiger partial charge in [0.05, 0.1) is 11.9 Å². The first kappa shape index (κ1) is 15.1. The molecule has 0 aliphatic carbocycles. The summed E-state index contributed by atoms with van der Waals surface area (Å²) in [5.74, 6) is -0.0563. The highest BCUT2D eigenvalue weighted by atomic mass is 32.1. The summed E-state index contributed by atoms with van der Waals surface area (Å²) in [5, 5.41) is 6.41. The third kappa shape index (κ3) is 2.75. The van der Waals surface area contributed by atoms with Crippen molar-refractivity contribution in [3.8, 4) is 0 Å². The van der Waals surface area contributed by atoms with Crippen molar-refractivity contribution >= 4 is 34.2 Å². The molecule has 7 heteroatoms. The van der Waals surface area contributed by atoms with Gasteiger partial charge in [-0.3, -0.25) is 0 Å². The van der Waals surface area contributed by atoms with Crippen LogP contribution in [0.1, 0.15) is 18.4 Å². The first-order chi connectivity index (χ1) is 11.7. The fourth-order valence-corrected chi connectivity index (χ4v) is 3.74. The maximum atomic E-state index is 13.9. The summed E-state index contributed by atoms with van der Waals surface area (Å²) in [6, 6.07) is 8.93. The van der Waals surface area contributed by atoms with Crippen molar-refractivity contribution in [3.63, 3.8) is 0 Å². The number of nitrogens with one attached hydrogen (secondary N) is 1. The number of hydrogen-bond acceptors (Lipinski definition) is 5. The lowest BCUT2D eigenvalue weighted by molar-refractivity contribution is 0.257. The van der Waals surface area contributed by atoms with Crippen LogP contribution in [0.5, 0.6) is 0 Å². The van der Waals surface area contributed by atoms with Crippen molar-refractivity contribution in [1.29, 1.82) is 0 Å². The molecule has 5 nitrogen and oxygen atoms in total. The molecule has 0 radical (unpaired) electrons. The highest BCUT2D eigenvalue weighted by molar-refractivity contribution is 7.13. The Morgan fingerprint density at radius 2 is 2.12 bits per heavy atom. The average Bonchev–Trinajstić information content (AvgIpc) is 3.07. The van der Waals surface area contributed by atoms with Crippen molar-refractivity contribution in [2.24, 2.45) is 15.7 Å². The van der Waals surface area contributed by atoms with Crippen LogP contribution in [0.25, 0.3) is 0 Å². The number of aliphatic imine (C=N–C) groups is 2. The zero-order valence-corrected chi connectivity index (χ0v) is 13.9. The molecule has 4 rings (SSSR count). The van der Waals surface area contributed by atoms with Crippen LogP contribution in [0, 0.1) is 5.82 Å². The summed E-state index contributed by atoms with van der Waals surface area (Å²) in [4.78, 5) is 11.2. The standard InChI is InChI=1S/C17H18FN5S/c18-12-3-1-4-13-15(12)16(19)22-17(21-13)6-8-23(9-7-17)11-20-14-5-2-10-24-14/h1-5,10-11,21H,6-9H2,(H2,19,22)/b20-11+. The van der Waals surface area contributed by atoms with Crippen LogP contribution in [0.3, 0.4) is 0 Å². The maximum absolute atomic E-state index is 13.9. The molecule has 1 saturated heterocycles. The number of nitrogens with zero attached hydrogens (tertiary/aromatic N) is 3. The van der Waals surface area contributed by atoms with E-state index in [4.69, 9.17) is 5.73 Å². The smallest absolute Gasteiger partial charge is 0.136 e. The number of nitrogens with two attached hydrogens (primary N) is 1. The van der Waals surface area contributed by atoms with Gasteiger partial charge in [0.25, 0.3) is 0 Å². The summed E-state index contributed by atoms with van der Waals surface area (Å²) in [7, 11) is 0. The Hall–Kier alpha value is -2.41. The summed E-state index contributed by atoms with van der Waals surface area (Å²) >= 11 is 1.62. The Morgan fingerprint density at radius 3 is 2.88 bits per heavy atom.